The standard InChI is InChI=1S/C46H26O2/c1-2-12-30-27(11-1)21-22-28-23-24-29(25-37(28)30)42-32-14-3-5-16-34(32)43(35-17-6-4-15-33(35)42)39-26-38-31-13-7-9-19-40(31)47-45(38)44-36-18-8-10-20-41(36)48-46(39)44/h1-26H. The lowest BCUT2D eigenvalue weighted by Gasteiger charge is -2.18. The zero-order valence-corrected chi connectivity index (χ0v) is 25.8. The van der Waals surface area contributed by atoms with E-state index in [0.29, 0.717) is 0 Å². The lowest BCUT2D eigenvalue weighted by atomic mass is 9.84. The fourth-order valence-electron chi connectivity index (χ4n) is 8.14. The van der Waals surface area contributed by atoms with Crippen molar-refractivity contribution in [1.82, 2.24) is 0 Å². The second-order valence-electron chi connectivity index (χ2n) is 12.8. The van der Waals surface area contributed by atoms with Crippen LogP contribution in [0.25, 0.3) is 109 Å². The van der Waals surface area contributed by atoms with E-state index >= 15 is 0 Å². The van der Waals surface area contributed by atoms with Gasteiger partial charge in [-0.1, -0.05) is 133 Å². The Bertz CT molecular complexity index is 3060. The largest absolute Gasteiger partial charge is 0.455 e. The second kappa shape index (κ2) is 9.57. The Labute approximate surface area is 275 Å². The van der Waals surface area contributed by atoms with Gasteiger partial charge in [0.05, 0.1) is 5.39 Å². The van der Waals surface area contributed by atoms with Crippen molar-refractivity contribution in [1.29, 1.82) is 0 Å². The van der Waals surface area contributed by atoms with E-state index in [0.717, 1.165) is 49.4 Å². The zero-order valence-electron chi connectivity index (χ0n) is 25.8. The minimum Gasteiger partial charge on any atom is -0.455 e. The number of furan rings is 2. The van der Waals surface area contributed by atoms with Gasteiger partial charge in [-0.05, 0) is 78.5 Å². The molecule has 0 bridgehead atoms. The topological polar surface area (TPSA) is 26.3 Å². The Kier molecular flexibility index (Phi) is 5.14. The van der Waals surface area contributed by atoms with E-state index in [-0.39, 0.29) is 0 Å². The summed E-state index contributed by atoms with van der Waals surface area (Å²) in [7, 11) is 0. The molecular weight excluding hydrogens is 585 g/mol. The molecule has 9 aromatic carbocycles. The molecule has 222 valence electrons. The van der Waals surface area contributed by atoms with Gasteiger partial charge in [0, 0.05) is 27.3 Å². The molecule has 0 fully saturated rings. The SMILES string of the molecule is c1ccc2c(c1)ccc1ccc(-c3c4ccccc4c(-c4cc5c6ccccc6oc5c5c4oc4ccccc45)c4ccccc34)cc12. The van der Waals surface area contributed by atoms with Gasteiger partial charge in [0.15, 0.2) is 0 Å². The van der Waals surface area contributed by atoms with Crippen LogP contribution in [-0.4, -0.2) is 0 Å². The van der Waals surface area contributed by atoms with Gasteiger partial charge in [-0.3, -0.25) is 0 Å². The Morgan fingerprint density at radius 1 is 0.312 bits per heavy atom. The van der Waals surface area contributed by atoms with Crippen molar-refractivity contribution in [2.45, 2.75) is 0 Å². The van der Waals surface area contributed by atoms with Crippen LogP contribution in [0, 0.1) is 0 Å². The number of rotatable bonds is 2. The maximum absolute atomic E-state index is 6.78. The fourth-order valence-corrected chi connectivity index (χ4v) is 8.14. The Morgan fingerprint density at radius 3 is 1.52 bits per heavy atom. The van der Waals surface area contributed by atoms with E-state index in [4.69, 9.17) is 8.83 Å². The molecule has 0 atom stereocenters. The highest BCUT2D eigenvalue weighted by molar-refractivity contribution is 6.30. The second-order valence-corrected chi connectivity index (χ2v) is 12.8. The molecule has 0 amide bonds. The maximum atomic E-state index is 6.78. The van der Waals surface area contributed by atoms with Crippen molar-refractivity contribution in [3.8, 4) is 22.3 Å². The molecule has 0 aliphatic rings. The molecule has 48 heavy (non-hydrogen) atoms. The maximum Gasteiger partial charge on any atom is 0.147 e. The van der Waals surface area contributed by atoms with Crippen LogP contribution in [0.4, 0.5) is 0 Å². The number of hydrogen-bond donors (Lipinski definition) is 0. The van der Waals surface area contributed by atoms with Gasteiger partial charge in [-0.25, -0.2) is 0 Å². The van der Waals surface area contributed by atoms with Gasteiger partial charge in [0.2, 0.25) is 0 Å². The van der Waals surface area contributed by atoms with Gasteiger partial charge in [0.25, 0.3) is 0 Å². The van der Waals surface area contributed by atoms with Crippen LogP contribution >= 0.6 is 0 Å². The highest BCUT2D eigenvalue weighted by Gasteiger charge is 2.24. The third-order valence-corrected chi connectivity index (χ3v) is 10.2. The smallest absolute Gasteiger partial charge is 0.147 e. The fraction of sp³-hybridized carbons (Fsp3) is 0. The summed E-state index contributed by atoms with van der Waals surface area (Å²) in [4.78, 5) is 0. The minimum atomic E-state index is 0.850. The van der Waals surface area contributed by atoms with Gasteiger partial charge in [-0.15, -0.1) is 0 Å². The number of hydrogen-bond acceptors (Lipinski definition) is 2. The summed E-state index contributed by atoms with van der Waals surface area (Å²) in [6.07, 6.45) is 0. The summed E-state index contributed by atoms with van der Waals surface area (Å²) >= 11 is 0. The summed E-state index contributed by atoms with van der Waals surface area (Å²) < 4.78 is 13.4. The number of para-hydroxylation sites is 2. The highest BCUT2D eigenvalue weighted by atomic mass is 16.3. The molecule has 0 aliphatic carbocycles. The van der Waals surface area contributed by atoms with Crippen molar-refractivity contribution in [2.24, 2.45) is 0 Å². The number of benzene rings is 9. The Balaban J connectivity index is 1.31. The van der Waals surface area contributed by atoms with E-state index in [1.807, 2.05) is 12.1 Å². The summed E-state index contributed by atoms with van der Waals surface area (Å²) in [5, 5.41) is 14.1. The molecule has 0 radical (unpaired) electrons. The molecule has 2 heteroatoms. The Hall–Kier alpha value is -6.38. The van der Waals surface area contributed by atoms with Crippen LogP contribution in [0.15, 0.2) is 167 Å². The van der Waals surface area contributed by atoms with Crippen molar-refractivity contribution in [3.05, 3.63) is 158 Å². The molecule has 2 aromatic heterocycles. The van der Waals surface area contributed by atoms with Crippen molar-refractivity contribution in [3.63, 3.8) is 0 Å². The summed E-state index contributed by atoms with van der Waals surface area (Å²) in [5.74, 6) is 0. The average molecular weight is 611 g/mol. The third kappa shape index (κ3) is 3.46. The lowest BCUT2D eigenvalue weighted by molar-refractivity contribution is 0.663. The molecule has 0 spiro atoms. The first-order chi connectivity index (χ1) is 23.8. The van der Waals surface area contributed by atoms with Crippen molar-refractivity contribution < 1.29 is 8.83 Å². The van der Waals surface area contributed by atoms with Crippen molar-refractivity contribution in [2.75, 3.05) is 0 Å². The van der Waals surface area contributed by atoms with Crippen LogP contribution in [0.3, 0.4) is 0 Å². The molecule has 2 heterocycles. The van der Waals surface area contributed by atoms with Crippen LogP contribution in [0.5, 0.6) is 0 Å². The van der Waals surface area contributed by atoms with E-state index in [2.05, 4.69) is 146 Å². The van der Waals surface area contributed by atoms with Gasteiger partial charge < -0.3 is 8.83 Å². The molecule has 0 saturated carbocycles. The van der Waals surface area contributed by atoms with Gasteiger partial charge in [-0.2, -0.15) is 0 Å². The summed E-state index contributed by atoms with van der Waals surface area (Å²) in [6.45, 7) is 0. The molecule has 11 aromatic rings. The quantitative estimate of drug-likeness (QED) is 0.144. The molecule has 0 aliphatic heterocycles. The lowest BCUT2D eigenvalue weighted by Crippen LogP contribution is -1.91. The van der Waals surface area contributed by atoms with E-state index < -0.39 is 0 Å². The molecule has 11 rings (SSSR count). The van der Waals surface area contributed by atoms with Gasteiger partial charge in [0.1, 0.15) is 22.3 Å². The first-order valence-corrected chi connectivity index (χ1v) is 16.4. The van der Waals surface area contributed by atoms with E-state index in [1.165, 1.54) is 59.8 Å². The average Bonchev–Trinajstić information content (AvgIpc) is 3.72. The monoisotopic (exact) mass is 610 g/mol. The predicted molar refractivity (Wildman–Crippen MR) is 202 cm³/mol. The first-order valence-electron chi connectivity index (χ1n) is 16.4. The van der Waals surface area contributed by atoms with Gasteiger partial charge >= 0.3 is 0 Å². The first kappa shape index (κ1) is 25.8. The minimum absolute atomic E-state index is 0.850. The summed E-state index contributed by atoms with van der Waals surface area (Å²) in [5.41, 5.74) is 8.16. The van der Waals surface area contributed by atoms with Crippen LogP contribution in [-0.2, 0) is 0 Å². The predicted octanol–water partition coefficient (Wildman–Crippen LogP) is 13.4. The third-order valence-electron chi connectivity index (χ3n) is 10.2. The molecule has 0 N–H and O–H groups in total. The number of fused-ring (bicyclic) bond motifs is 12. The van der Waals surface area contributed by atoms with Crippen molar-refractivity contribution >= 4 is 87.0 Å². The van der Waals surface area contributed by atoms with Crippen LogP contribution in [0.2, 0.25) is 0 Å². The Morgan fingerprint density at radius 2 is 0.812 bits per heavy atom. The highest BCUT2D eigenvalue weighted by Crippen LogP contribution is 2.49. The molecule has 2 nitrogen and oxygen atoms in total. The molecule has 0 saturated heterocycles. The molecule has 0 unspecified atom stereocenters. The van der Waals surface area contributed by atoms with E-state index in [9.17, 15) is 0 Å². The normalized spacial score (nSPS) is 12.2. The molecular formula is C46H26O2. The zero-order chi connectivity index (χ0) is 31.3. The van der Waals surface area contributed by atoms with Crippen LogP contribution < -0.4 is 0 Å². The van der Waals surface area contributed by atoms with Crippen LogP contribution in [0.1, 0.15) is 0 Å². The van der Waals surface area contributed by atoms with E-state index in [1.54, 1.807) is 0 Å². The summed E-state index contributed by atoms with van der Waals surface area (Å²) in [6, 6.07) is 56.7.